The number of aliphatic hydroxyl groups excluding tert-OH is 3. The molecule has 1 heterocycles. The summed E-state index contributed by atoms with van der Waals surface area (Å²) in [6.45, 7) is 2.23. The normalized spacial score (nSPS) is 16.7. The van der Waals surface area contributed by atoms with Crippen molar-refractivity contribution < 1.29 is 29.7 Å². The van der Waals surface area contributed by atoms with Gasteiger partial charge in [-0.05, 0) is 0 Å². The second-order valence-electron chi connectivity index (χ2n) is 8.76. The fraction of sp³-hybridized carbons (Fsp3) is 0.857. The van der Waals surface area contributed by atoms with E-state index >= 15 is 0 Å². The first-order valence-electron chi connectivity index (χ1n) is 12.3. The molecule has 1 aliphatic rings. The Labute approximate surface area is 212 Å². The lowest BCUT2D eigenvalue weighted by molar-refractivity contribution is -0.158. The molecular weight excluding hydrogens is 474 g/mol. The van der Waals surface area contributed by atoms with Crippen molar-refractivity contribution in [2.24, 2.45) is 17.2 Å². The van der Waals surface area contributed by atoms with Crippen LogP contribution in [0.5, 0.6) is 0 Å². The molecule has 0 spiro atoms. The van der Waals surface area contributed by atoms with Crippen LogP contribution in [0.25, 0.3) is 0 Å². The predicted octanol–water partition coefficient (Wildman–Crippen LogP) is -5.74. The van der Waals surface area contributed by atoms with Gasteiger partial charge < -0.3 is 63.2 Å². The summed E-state index contributed by atoms with van der Waals surface area (Å²) in [7, 11) is 0. The van der Waals surface area contributed by atoms with Crippen LogP contribution in [-0.4, -0.2) is 145 Å². The van der Waals surface area contributed by atoms with Gasteiger partial charge in [-0.1, -0.05) is 0 Å². The van der Waals surface area contributed by atoms with E-state index in [2.05, 4.69) is 16.0 Å². The molecule has 3 atom stereocenters. The Kier molecular flexibility index (Phi) is 16.3. The summed E-state index contributed by atoms with van der Waals surface area (Å²) >= 11 is 0. The molecule has 0 saturated carbocycles. The van der Waals surface area contributed by atoms with Crippen LogP contribution in [0.4, 0.5) is 0 Å². The van der Waals surface area contributed by atoms with Gasteiger partial charge in [0.25, 0.3) is 0 Å². The van der Waals surface area contributed by atoms with Gasteiger partial charge in [0.2, 0.25) is 17.7 Å². The molecule has 0 radical (unpaired) electrons. The van der Waals surface area contributed by atoms with E-state index < -0.39 is 18.3 Å². The Bertz CT molecular complexity index is 568. The van der Waals surface area contributed by atoms with E-state index in [4.69, 9.17) is 17.2 Å². The first kappa shape index (κ1) is 32.1. The Hall–Kier alpha value is -1.95. The van der Waals surface area contributed by atoms with Crippen molar-refractivity contribution in [3.05, 3.63) is 0 Å². The van der Waals surface area contributed by atoms with Crippen LogP contribution < -0.4 is 33.2 Å². The summed E-state index contributed by atoms with van der Waals surface area (Å²) in [6.07, 6.45) is -1.73. The second kappa shape index (κ2) is 18.3. The number of hydrogen-bond donors (Lipinski definition) is 9. The van der Waals surface area contributed by atoms with Gasteiger partial charge in [-0.3, -0.25) is 14.4 Å². The van der Waals surface area contributed by atoms with Crippen molar-refractivity contribution >= 4 is 17.7 Å². The van der Waals surface area contributed by atoms with Gasteiger partial charge >= 0.3 is 0 Å². The Morgan fingerprint density at radius 1 is 0.583 bits per heavy atom. The lowest BCUT2D eigenvalue weighted by Gasteiger charge is -2.42. The van der Waals surface area contributed by atoms with Crippen molar-refractivity contribution in [3.8, 4) is 0 Å². The summed E-state index contributed by atoms with van der Waals surface area (Å²) in [5.41, 5.74) is 16.1. The second-order valence-corrected chi connectivity index (χ2v) is 8.76. The summed E-state index contributed by atoms with van der Waals surface area (Å²) in [6, 6.07) is 0. The standard InChI is InChI=1S/C21H45N9O6/c22-7-16(31)10-25-4-1-19(34)28-13-29(20(35)2-5-26-11-17(32)8-23)15-30(14-28)21(36)3-6-27-12-18(33)9-24/h16-18,25-27,31-33H,1-15,22-24H2. The zero-order valence-electron chi connectivity index (χ0n) is 21.0. The lowest BCUT2D eigenvalue weighted by atomic mass is 10.3. The van der Waals surface area contributed by atoms with Crippen molar-refractivity contribution in [3.63, 3.8) is 0 Å². The van der Waals surface area contributed by atoms with E-state index in [1.165, 1.54) is 14.7 Å². The van der Waals surface area contributed by atoms with Crippen LogP contribution in [0.15, 0.2) is 0 Å². The number of amides is 3. The van der Waals surface area contributed by atoms with Crippen LogP contribution in [-0.2, 0) is 14.4 Å². The fourth-order valence-corrected chi connectivity index (χ4v) is 3.34. The molecule has 15 nitrogen and oxygen atoms in total. The van der Waals surface area contributed by atoms with Gasteiger partial charge in [0.1, 0.15) is 0 Å². The average molecular weight is 520 g/mol. The molecule has 3 amide bonds. The molecule has 0 bridgehead atoms. The maximum Gasteiger partial charge on any atom is 0.226 e. The molecule has 0 aromatic heterocycles. The van der Waals surface area contributed by atoms with E-state index in [9.17, 15) is 29.7 Å². The van der Waals surface area contributed by atoms with Crippen LogP contribution in [0.3, 0.4) is 0 Å². The number of rotatable bonds is 18. The minimum absolute atomic E-state index is 0.0548. The van der Waals surface area contributed by atoms with E-state index in [-0.39, 0.29) is 96.3 Å². The molecule has 36 heavy (non-hydrogen) atoms. The number of aliphatic hydroxyl groups is 3. The summed E-state index contributed by atoms with van der Waals surface area (Å²) in [5.74, 6) is -0.727. The minimum atomic E-state index is -0.699. The lowest BCUT2D eigenvalue weighted by Crippen LogP contribution is -2.60. The molecule has 0 aliphatic carbocycles. The smallest absolute Gasteiger partial charge is 0.226 e. The first-order valence-corrected chi connectivity index (χ1v) is 12.3. The molecule has 1 aliphatic heterocycles. The first-order chi connectivity index (χ1) is 17.2. The third kappa shape index (κ3) is 12.8. The Morgan fingerprint density at radius 2 is 0.833 bits per heavy atom. The zero-order chi connectivity index (χ0) is 26.9. The maximum absolute atomic E-state index is 12.8. The largest absolute Gasteiger partial charge is 0.390 e. The van der Waals surface area contributed by atoms with Gasteiger partial charge in [-0.15, -0.1) is 0 Å². The summed E-state index contributed by atoms with van der Waals surface area (Å²) in [4.78, 5) is 42.7. The zero-order valence-corrected chi connectivity index (χ0v) is 21.0. The van der Waals surface area contributed by atoms with E-state index in [0.29, 0.717) is 19.6 Å². The molecule has 1 rings (SSSR count). The van der Waals surface area contributed by atoms with E-state index in [1.807, 2.05) is 0 Å². The van der Waals surface area contributed by atoms with E-state index in [0.717, 1.165) is 0 Å². The highest BCUT2D eigenvalue weighted by Crippen LogP contribution is 2.12. The molecule has 15 heteroatoms. The number of carbonyl (C=O) groups excluding carboxylic acids is 3. The number of carbonyl (C=O) groups is 3. The number of hydrogen-bond acceptors (Lipinski definition) is 12. The monoisotopic (exact) mass is 519 g/mol. The number of nitrogens with one attached hydrogen (secondary N) is 3. The summed E-state index contributed by atoms with van der Waals surface area (Å²) in [5, 5.41) is 37.4. The fourth-order valence-electron chi connectivity index (χ4n) is 3.34. The van der Waals surface area contributed by atoms with E-state index in [1.54, 1.807) is 0 Å². The van der Waals surface area contributed by atoms with Crippen LogP contribution >= 0.6 is 0 Å². The highest BCUT2D eigenvalue weighted by atomic mass is 16.3. The quantitative estimate of drug-likeness (QED) is 0.0770. The van der Waals surface area contributed by atoms with Crippen LogP contribution in [0.2, 0.25) is 0 Å². The van der Waals surface area contributed by atoms with Crippen LogP contribution in [0.1, 0.15) is 19.3 Å². The molecule has 3 unspecified atom stereocenters. The van der Waals surface area contributed by atoms with Gasteiger partial charge in [0, 0.05) is 78.2 Å². The molecule has 1 fully saturated rings. The predicted molar refractivity (Wildman–Crippen MR) is 133 cm³/mol. The SMILES string of the molecule is NCC(O)CNCCC(=O)N1CN(C(=O)CCNCC(O)CN)CN(C(=O)CCNCC(O)CN)C1. The Balaban J connectivity index is 2.67. The number of nitrogens with zero attached hydrogens (tertiary/aromatic N) is 3. The molecule has 210 valence electrons. The third-order valence-electron chi connectivity index (χ3n) is 5.59. The molecular formula is C21H45N9O6. The summed E-state index contributed by atoms with van der Waals surface area (Å²) < 4.78 is 0. The van der Waals surface area contributed by atoms with Crippen LogP contribution in [0, 0.1) is 0 Å². The van der Waals surface area contributed by atoms with Gasteiger partial charge in [-0.2, -0.15) is 0 Å². The average Bonchev–Trinajstić information content (AvgIpc) is 2.89. The maximum atomic E-state index is 12.8. The topological polar surface area (TPSA) is 236 Å². The molecule has 1 saturated heterocycles. The molecule has 0 aromatic rings. The van der Waals surface area contributed by atoms with Crippen molar-refractivity contribution in [2.75, 3.05) is 78.9 Å². The third-order valence-corrected chi connectivity index (χ3v) is 5.59. The minimum Gasteiger partial charge on any atom is -0.390 e. The van der Waals surface area contributed by atoms with Crippen molar-refractivity contribution in [1.82, 2.24) is 30.7 Å². The van der Waals surface area contributed by atoms with Gasteiger partial charge in [0.05, 0.1) is 38.3 Å². The van der Waals surface area contributed by atoms with Gasteiger partial charge in [-0.25, -0.2) is 0 Å². The van der Waals surface area contributed by atoms with Gasteiger partial charge in [0.15, 0.2) is 0 Å². The Morgan fingerprint density at radius 3 is 1.06 bits per heavy atom. The van der Waals surface area contributed by atoms with Crippen molar-refractivity contribution in [1.29, 1.82) is 0 Å². The highest BCUT2D eigenvalue weighted by Gasteiger charge is 2.31. The highest BCUT2D eigenvalue weighted by molar-refractivity contribution is 5.82. The van der Waals surface area contributed by atoms with Crippen molar-refractivity contribution in [2.45, 2.75) is 37.6 Å². The molecule has 12 N–H and O–H groups in total. The number of nitrogens with two attached hydrogens (primary N) is 3. The molecule has 0 aromatic carbocycles.